The summed E-state index contributed by atoms with van der Waals surface area (Å²) in [6, 6.07) is 2.01. The molecule has 1 aromatic rings. The van der Waals surface area contributed by atoms with E-state index in [4.69, 9.17) is 0 Å². The predicted octanol–water partition coefficient (Wildman–Crippen LogP) is 2.46. The molecule has 0 spiro atoms. The molecule has 0 radical (unpaired) electrons. The van der Waals surface area contributed by atoms with Crippen LogP contribution < -0.4 is 0 Å². The van der Waals surface area contributed by atoms with Crippen LogP contribution in [0.5, 0.6) is 0 Å². The van der Waals surface area contributed by atoms with E-state index in [0.717, 1.165) is 30.7 Å². The van der Waals surface area contributed by atoms with Crippen LogP contribution in [0.2, 0.25) is 0 Å². The van der Waals surface area contributed by atoms with Gasteiger partial charge in [0.1, 0.15) is 0 Å². The third kappa shape index (κ3) is 2.75. The van der Waals surface area contributed by atoms with Crippen LogP contribution >= 0.6 is 11.3 Å². The average molecular weight is 267 g/mol. The van der Waals surface area contributed by atoms with Crippen LogP contribution in [0.25, 0.3) is 0 Å². The second-order valence-corrected chi connectivity index (χ2v) is 6.15. The van der Waals surface area contributed by atoms with Gasteiger partial charge in [0.05, 0.1) is 4.88 Å². The molecule has 4 heteroatoms. The number of carbonyl (C=O) groups excluding carboxylic acids is 1. The number of aliphatic hydroxyl groups excluding tert-OH is 1. The van der Waals surface area contributed by atoms with Crippen LogP contribution in [-0.4, -0.2) is 35.6 Å². The first-order valence-corrected chi connectivity index (χ1v) is 7.46. The lowest BCUT2D eigenvalue weighted by Crippen LogP contribution is -2.40. The van der Waals surface area contributed by atoms with E-state index in [1.807, 2.05) is 11.0 Å². The van der Waals surface area contributed by atoms with Crippen molar-refractivity contribution < 1.29 is 9.90 Å². The molecule has 1 amide bonds. The average Bonchev–Trinajstić information content (AvgIpc) is 2.79. The lowest BCUT2D eigenvalue weighted by Gasteiger charge is -2.31. The minimum Gasteiger partial charge on any atom is -0.396 e. The highest BCUT2D eigenvalue weighted by atomic mass is 32.1. The Labute approximate surface area is 112 Å². The minimum absolute atomic E-state index is 0.140. The van der Waals surface area contributed by atoms with Crippen molar-refractivity contribution in [2.75, 3.05) is 19.7 Å². The summed E-state index contributed by atoms with van der Waals surface area (Å²) in [7, 11) is 0. The highest BCUT2D eigenvalue weighted by molar-refractivity contribution is 7.14. The standard InChI is InChI=1S/C14H21NO2S/c1-3-12-10(2)7-13(18-12)14(17)15-6-4-5-11(8-15)9-16/h7,11,16H,3-6,8-9H2,1-2H3. The normalized spacial score (nSPS) is 20.2. The molecule has 0 aliphatic carbocycles. The summed E-state index contributed by atoms with van der Waals surface area (Å²) < 4.78 is 0. The van der Waals surface area contributed by atoms with E-state index in [9.17, 15) is 9.90 Å². The number of hydrogen-bond acceptors (Lipinski definition) is 3. The van der Waals surface area contributed by atoms with Gasteiger partial charge in [0.15, 0.2) is 0 Å². The van der Waals surface area contributed by atoms with E-state index >= 15 is 0 Å². The monoisotopic (exact) mass is 267 g/mol. The molecule has 1 aromatic heterocycles. The van der Waals surface area contributed by atoms with E-state index in [0.29, 0.717) is 6.54 Å². The van der Waals surface area contributed by atoms with Gasteiger partial charge in [-0.1, -0.05) is 6.92 Å². The first-order chi connectivity index (χ1) is 8.65. The van der Waals surface area contributed by atoms with Crippen molar-refractivity contribution in [3.8, 4) is 0 Å². The van der Waals surface area contributed by atoms with Gasteiger partial charge in [-0.2, -0.15) is 0 Å². The molecule has 0 aromatic carbocycles. The lowest BCUT2D eigenvalue weighted by atomic mass is 9.99. The molecular weight excluding hydrogens is 246 g/mol. The molecule has 0 bridgehead atoms. The largest absolute Gasteiger partial charge is 0.396 e. The van der Waals surface area contributed by atoms with Crippen molar-refractivity contribution in [1.29, 1.82) is 0 Å². The first kappa shape index (κ1) is 13.6. The number of nitrogens with zero attached hydrogens (tertiary/aromatic N) is 1. The molecule has 1 saturated heterocycles. The zero-order valence-electron chi connectivity index (χ0n) is 11.1. The topological polar surface area (TPSA) is 40.5 Å². The van der Waals surface area contributed by atoms with Crippen molar-refractivity contribution in [2.45, 2.75) is 33.1 Å². The Morgan fingerprint density at radius 2 is 2.39 bits per heavy atom. The van der Waals surface area contributed by atoms with Crippen molar-refractivity contribution in [3.63, 3.8) is 0 Å². The van der Waals surface area contributed by atoms with Crippen molar-refractivity contribution in [3.05, 3.63) is 21.4 Å². The maximum atomic E-state index is 12.4. The number of rotatable bonds is 3. The summed E-state index contributed by atoms with van der Waals surface area (Å²) >= 11 is 1.62. The highest BCUT2D eigenvalue weighted by Crippen LogP contribution is 2.25. The van der Waals surface area contributed by atoms with Crippen LogP contribution in [-0.2, 0) is 6.42 Å². The number of amides is 1. The molecule has 18 heavy (non-hydrogen) atoms. The van der Waals surface area contributed by atoms with E-state index in [1.165, 1.54) is 10.4 Å². The quantitative estimate of drug-likeness (QED) is 0.914. The third-order valence-electron chi connectivity index (χ3n) is 3.62. The minimum atomic E-state index is 0.140. The molecule has 1 N–H and O–H groups in total. The van der Waals surface area contributed by atoms with Gasteiger partial charge < -0.3 is 10.0 Å². The number of hydrogen-bond donors (Lipinski definition) is 1. The number of likely N-dealkylation sites (tertiary alicyclic amines) is 1. The van der Waals surface area contributed by atoms with Crippen molar-refractivity contribution in [2.24, 2.45) is 5.92 Å². The van der Waals surface area contributed by atoms with Gasteiger partial charge in [-0.3, -0.25) is 4.79 Å². The van der Waals surface area contributed by atoms with Gasteiger partial charge in [0.2, 0.25) is 0 Å². The highest BCUT2D eigenvalue weighted by Gasteiger charge is 2.25. The van der Waals surface area contributed by atoms with E-state index in [2.05, 4.69) is 13.8 Å². The summed E-state index contributed by atoms with van der Waals surface area (Å²) in [6.45, 7) is 5.91. The molecule has 2 rings (SSSR count). The molecular formula is C14H21NO2S. The molecule has 1 aliphatic heterocycles. The molecule has 2 heterocycles. The SMILES string of the molecule is CCc1sc(C(=O)N2CCCC(CO)C2)cc1C. The molecule has 3 nitrogen and oxygen atoms in total. The molecule has 1 unspecified atom stereocenters. The third-order valence-corrected chi connectivity index (χ3v) is 4.99. The number of carbonyl (C=O) groups is 1. The fourth-order valence-electron chi connectivity index (χ4n) is 2.53. The number of piperidine rings is 1. The summed E-state index contributed by atoms with van der Waals surface area (Å²) in [5.74, 6) is 0.398. The molecule has 1 aliphatic rings. The van der Waals surface area contributed by atoms with E-state index in [-0.39, 0.29) is 18.4 Å². The molecule has 100 valence electrons. The van der Waals surface area contributed by atoms with Gasteiger partial charge >= 0.3 is 0 Å². The Kier molecular flexibility index (Phi) is 4.40. The summed E-state index contributed by atoms with van der Waals surface area (Å²) in [6.07, 6.45) is 3.02. The van der Waals surface area contributed by atoms with Crippen molar-refractivity contribution >= 4 is 17.2 Å². The van der Waals surface area contributed by atoms with Gasteiger partial charge in [-0.05, 0) is 43.7 Å². The Balaban J connectivity index is 2.10. The van der Waals surface area contributed by atoms with Crippen LogP contribution in [0, 0.1) is 12.8 Å². The maximum absolute atomic E-state index is 12.4. The van der Waals surface area contributed by atoms with Gasteiger partial charge in [-0.25, -0.2) is 0 Å². The fourth-order valence-corrected chi connectivity index (χ4v) is 3.61. The Hall–Kier alpha value is -0.870. The Morgan fingerprint density at radius 1 is 1.61 bits per heavy atom. The number of aryl methyl sites for hydroxylation is 2. The van der Waals surface area contributed by atoms with Crippen molar-refractivity contribution in [1.82, 2.24) is 4.90 Å². The van der Waals surface area contributed by atoms with Gasteiger partial charge in [-0.15, -0.1) is 11.3 Å². The zero-order valence-corrected chi connectivity index (χ0v) is 11.9. The summed E-state index contributed by atoms with van der Waals surface area (Å²) in [5, 5.41) is 9.21. The molecule has 1 fully saturated rings. The Morgan fingerprint density at radius 3 is 3.00 bits per heavy atom. The second-order valence-electron chi connectivity index (χ2n) is 5.01. The van der Waals surface area contributed by atoms with Crippen LogP contribution in [0.15, 0.2) is 6.07 Å². The Bertz CT molecular complexity index is 427. The number of aliphatic hydroxyl groups is 1. The maximum Gasteiger partial charge on any atom is 0.263 e. The zero-order chi connectivity index (χ0) is 13.1. The van der Waals surface area contributed by atoms with Crippen LogP contribution in [0.3, 0.4) is 0 Å². The van der Waals surface area contributed by atoms with Crippen LogP contribution in [0.1, 0.15) is 39.9 Å². The van der Waals surface area contributed by atoms with Crippen LogP contribution in [0.4, 0.5) is 0 Å². The molecule has 0 saturated carbocycles. The fraction of sp³-hybridized carbons (Fsp3) is 0.643. The summed E-state index contributed by atoms with van der Waals surface area (Å²) in [5.41, 5.74) is 1.22. The van der Waals surface area contributed by atoms with E-state index in [1.54, 1.807) is 11.3 Å². The smallest absolute Gasteiger partial charge is 0.263 e. The predicted molar refractivity (Wildman–Crippen MR) is 74.1 cm³/mol. The lowest BCUT2D eigenvalue weighted by molar-refractivity contribution is 0.0625. The van der Waals surface area contributed by atoms with Gasteiger partial charge in [0, 0.05) is 24.6 Å². The first-order valence-electron chi connectivity index (χ1n) is 6.65. The second kappa shape index (κ2) is 5.85. The van der Waals surface area contributed by atoms with Gasteiger partial charge in [0.25, 0.3) is 5.91 Å². The molecule has 1 atom stereocenters. The summed E-state index contributed by atoms with van der Waals surface area (Å²) in [4.78, 5) is 16.4. The number of thiophene rings is 1. The van der Waals surface area contributed by atoms with E-state index < -0.39 is 0 Å².